The van der Waals surface area contributed by atoms with Gasteiger partial charge in [-0.15, -0.1) is 0 Å². The molecule has 1 saturated carbocycles. The summed E-state index contributed by atoms with van der Waals surface area (Å²) in [5.41, 5.74) is 0. The van der Waals surface area contributed by atoms with Crippen molar-refractivity contribution in [3.63, 3.8) is 0 Å². The summed E-state index contributed by atoms with van der Waals surface area (Å²) < 4.78 is 0. The lowest BCUT2D eigenvalue weighted by Crippen LogP contribution is -2.44. The van der Waals surface area contributed by atoms with Crippen molar-refractivity contribution < 1.29 is 0 Å². The van der Waals surface area contributed by atoms with E-state index in [-0.39, 0.29) is 0 Å². The van der Waals surface area contributed by atoms with Gasteiger partial charge in [0, 0.05) is 25.0 Å². The first-order valence-electron chi connectivity index (χ1n) is 7.18. The molecule has 1 atom stereocenters. The molecule has 1 N–H and O–H groups in total. The Kier molecular flexibility index (Phi) is 4.43. The molecule has 1 aliphatic carbocycles. The second kappa shape index (κ2) is 5.85. The van der Waals surface area contributed by atoms with E-state index < -0.39 is 0 Å². The molecule has 1 heterocycles. The molecular weight excluding hydrogens is 210 g/mol. The van der Waals surface area contributed by atoms with Crippen molar-refractivity contribution in [1.29, 1.82) is 5.41 Å². The molecule has 0 aromatic heterocycles. The van der Waals surface area contributed by atoms with Crippen molar-refractivity contribution >= 4 is 5.84 Å². The number of rotatable bonds is 3. The highest BCUT2D eigenvalue weighted by molar-refractivity contribution is 5.82. The highest BCUT2D eigenvalue weighted by atomic mass is 15.2. The van der Waals surface area contributed by atoms with Gasteiger partial charge in [0.15, 0.2) is 0 Å². The Hall–Kier alpha value is -0.570. The lowest BCUT2D eigenvalue weighted by atomic mass is 9.88. The van der Waals surface area contributed by atoms with Gasteiger partial charge in [-0.3, -0.25) is 5.41 Å². The molecule has 0 bridgehead atoms. The maximum absolute atomic E-state index is 8.46. The van der Waals surface area contributed by atoms with Crippen molar-refractivity contribution in [3.05, 3.63) is 0 Å². The summed E-state index contributed by atoms with van der Waals surface area (Å²) >= 11 is 0. The minimum atomic E-state index is 0.562. The van der Waals surface area contributed by atoms with Crippen LogP contribution in [-0.2, 0) is 0 Å². The van der Waals surface area contributed by atoms with Crippen LogP contribution < -0.4 is 0 Å². The largest absolute Gasteiger partial charge is 0.356 e. The molecule has 1 unspecified atom stereocenters. The molecule has 17 heavy (non-hydrogen) atoms. The van der Waals surface area contributed by atoms with Crippen molar-refractivity contribution in [3.8, 4) is 0 Å². The fourth-order valence-electron chi connectivity index (χ4n) is 3.37. The van der Waals surface area contributed by atoms with Gasteiger partial charge in [-0.05, 0) is 39.8 Å². The van der Waals surface area contributed by atoms with Gasteiger partial charge in [0.25, 0.3) is 0 Å². The third kappa shape index (κ3) is 3.21. The lowest BCUT2D eigenvalue weighted by molar-refractivity contribution is 0.269. The van der Waals surface area contributed by atoms with E-state index in [9.17, 15) is 0 Å². The minimum Gasteiger partial charge on any atom is -0.356 e. The Morgan fingerprint density at radius 3 is 2.47 bits per heavy atom. The monoisotopic (exact) mass is 237 g/mol. The molecule has 0 spiro atoms. The number of likely N-dealkylation sites (N-methyl/N-ethyl adjacent to an activating group) is 1. The number of likely N-dealkylation sites (tertiary alicyclic amines) is 1. The molecule has 2 rings (SSSR count). The van der Waals surface area contributed by atoms with Crippen LogP contribution in [0.5, 0.6) is 0 Å². The van der Waals surface area contributed by atoms with Crippen molar-refractivity contribution in [2.45, 2.75) is 51.0 Å². The van der Waals surface area contributed by atoms with Crippen LogP contribution in [0.3, 0.4) is 0 Å². The van der Waals surface area contributed by atoms with Gasteiger partial charge in [0.05, 0.1) is 5.84 Å². The smallest absolute Gasteiger partial charge is 0.0992 e. The standard InChI is InChI=1S/C14H27N3/c1-16(2)11-13-9-6-10-17(13)14(15)12-7-4-3-5-8-12/h12-13,15H,3-11H2,1-2H3. The predicted octanol–water partition coefficient (Wildman–Crippen LogP) is 2.57. The topological polar surface area (TPSA) is 30.3 Å². The molecular formula is C14H27N3. The zero-order chi connectivity index (χ0) is 12.3. The van der Waals surface area contributed by atoms with E-state index in [1.54, 1.807) is 0 Å². The fraction of sp³-hybridized carbons (Fsp3) is 0.929. The van der Waals surface area contributed by atoms with Gasteiger partial charge in [-0.1, -0.05) is 19.3 Å². The van der Waals surface area contributed by atoms with Crippen LogP contribution in [0.25, 0.3) is 0 Å². The quantitative estimate of drug-likeness (QED) is 0.604. The normalized spacial score (nSPS) is 26.8. The minimum absolute atomic E-state index is 0.562. The van der Waals surface area contributed by atoms with Crippen molar-refractivity contribution in [1.82, 2.24) is 9.80 Å². The van der Waals surface area contributed by atoms with Crippen LogP contribution in [0.4, 0.5) is 0 Å². The van der Waals surface area contributed by atoms with E-state index >= 15 is 0 Å². The van der Waals surface area contributed by atoms with Gasteiger partial charge >= 0.3 is 0 Å². The first-order valence-corrected chi connectivity index (χ1v) is 7.18. The third-order valence-corrected chi connectivity index (χ3v) is 4.25. The van der Waals surface area contributed by atoms with Gasteiger partial charge in [-0.2, -0.15) is 0 Å². The zero-order valence-electron chi connectivity index (χ0n) is 11.4. The Morgan fingerprint density at radius 1 is 1.12 bits per heavy atom. The van der Waals surface area contributed by atoms with E-state index in [1.165, 1.54) is 44.9 Å². The molecule has 0 aromatic rings. The van der Waals surface area contributed by atoms with Crippen LogP contribution in [0.1, 0.15) is 44.9 Å². The first-order chi connectivity index (χ1) is 8.18. The SMILES string of the molecule is CN(C)CC1CCCN1C(=N)C1CCCCC1. The Morgan fingerprint density at radius 2 is 1.82 bits per heavy atom. The number of hydrogen-bond donors (Lipinski definition) is 1. The van der Waals surface area contributed by atoms with E-state index in [4.69, 9.17) is 5.41 Å². The second-order valence-electron chi connectivity index (χ2n) is 5.97. The Labute approximate surface area is 106 Å². The van der Waals surface area contributed by atoms with Crippen LogP contribution in [0.2, 0.25) is 0 Å². The van der Waals surface area contributed by atoms with Crippen molar-refractivity contribution in [2.24, 2.45) is 5.92 Å². The maximum Gasteiger partial charge on any atom is 0.0992 e. The molecule has 0 amide bonds. The number of nitrogens with one attached hydrogen (secondary N) is 1. The summed E-state index contributed by atoms with van der Waals surface area (Å²) in [4.78, 5) is 4.66. The molecule has 0 radical (unpaired) electrons. The van der Waals surface area contributed by atoms with Gasteiger partial charge in [0.2, 0.25) is 0 Å². The number of amidine groups is 1. The molecule has 3 nitrogen and oxygen atoms in total. The number of nitrogens with zero attached hydrogens (tertiary/aromatic N) is 2. The fourth-order valence-corrected chi connectivity index (χ4v) is 3.37. The molecule has 3 heteroatoms. The average Bonchev–Trinajstić information content (AvgIpc) is 2.76. The average molecular weight is 237 g/mol. The predicted molar refractivity (Wildman–Crippen MR) is 72.6 cm³/mol. The van der Waals surface area contributed by atoms with Crippen LogP contribution >= 0.6 is 0 Å². The Balaban J connectivity index is 1.92. The van der Waals surface area contributed by atoms with E-state index in [0.717, 1.165) is 18.9 Å². The van der Waals surface area contributed by atoms with Crippen LogP contribution in [-0.4, -0.2) is 48.9 Å². The summed E-state index contributed by atoms with van der Waals surface area (Å²) in [7, 11) is 4.28. The summed E-state index contributed by atoms with van der Waals surface area (Å²) in [5, 5.41) is 8.46. The second-order valence-corrected chi connectivity index (χ2v) is 5.97. The number of hydrogen-bond acceptors (Lipinski definition) is 2. The van der Waals surface area contributed by atoms with E-state index in [2.05, 4.69) is 23.9 Å². The molecule has 1 aliphatic heterocycles. The summed E-state index contributed by atoms with van der Waals surface area (Å²) in [6.07, 6.45) is 9.10. The third-order valence-electron chi connectivity index (χ3n) is 4.25. The summed E-state index contributed by atoms with van der Waals surface area (Å²) in [5.74, 6) is 1.51. The van der Waals surface area contributed by atoms with E-state index in [1.807, 2.05) is 0 Å². The molecule has 1 saturated heterocycles. The van der Waals surface area contributed by atoms with Gasteiger partial charge in [-0.25, -0.2) is 0 Å². The van der Waals surface area contributed by atoms with Crippen LogP contribution in [0, 0.1) is 11.3 Å². The van der Waals surface area contributed by atoms with Crippen LogP contribution in [0.15, 0.2) is 0 Å². The van der Waals surface area contributed by atoms with E-state index in [0.29, 0.717) is 12.0 Å². The van der Waals surface area contributed by atoms with Crippen molar-refractivity contribution in [2.75, 3.05) is 27.2 Å². The lowest BCUT2D eigenvalue weighted by Gasteiger charge is -2.34. The highest BCUT2D eigenvalue weighted by Gasteiger charge is 2.31. The highest BCUT2D eigenvalue weighted by Crippen LogP contribution is 2.29. The first kappa shape index (κ1) is 12.9. The molecule has 98 valence electrons. The van der Waals surface area contributed by atoms with Gasteiger partial charge < -0.3 is 9.80 Å². The zero-order valence-corrected chi connectivity index (χ0v) is 11.4. The summed E-state index contributed by atoms with van der Waals surface area (Å²) in [6.45, 7) is 2.23. The molecule has 2 fully saturated rings. The maximum atomic E-state index is 8.46. The molecule has 2 aliphatic rings. The summed E-state index contributed by atoms with van der Waals surface area (Å²) in [6, 6.07) is 0.597. The molecule has 0 aromatic carbocycles. The Bertz CT molecular complexity index is 256. The van der Waals surface area contributed by atoms with Gasteiger partial charge in [0.1, 0.15) is 0 Å².